The van der Waals surface area contributed by atoms with Gasteiger partial charge in [0, 0.05) is 5.39 Å². The maximum Gasteiger partial charge on any atom is 0.235 e. The van der Waals surface area contributed by atoms with Crippen molar-refractivity contribution in [1.82, 2.24) is 19.8 Å². The molecule has 0 aliphatic carbocycles. The molecule has 3 heterocycles. The molecular formula is C20H16N4O2S. The van der Waals surface area contributed by atoms with Crippen LogP contribution in [0.5, 0.6) is 5.75 Å². The number of fused-ring (bicyclic) bond motifs is 2. The van der Waals surface area contributed by atoms with Crippen molar-refractivity contribution >= 4 is 27.3 Å². The molecule has 0 fully saturated rings. The Morgan fingerprint density at radius 1 is 1.07 bits per heavy atom. The van der Waals surface area contributed by atoms with Crippen LogP contribution in [0.3, 0.4) is 0 Å². The first-order valence-electron chi connectivity index (χ1n) is 8.74. The Morgan fingerprint density at radius 2 is 1.89 bits per heavy atom. The average Bonchev–Trinajstić information content (AvgIpc) is 3.40. The SMILES string of the molecule is CC[C@@H](Oc1ccccc1)c1nn2c(-c3cc4ccccc4o3)nnc2s1. The molecule has 3 aromatic heterocycles. The fourth-order valence-corrected chi connectivity index (χ4v) is 3.93. The summed E-state index contributed by atoms with van der Waals surface area (Å²) in [6, 6.07) is 19.6. The maximum absolute atomic E-state index is 6.11. The van der Waals surface area contributed by atoms with E-state index in [0.29, 0.717) is 11.6 Å². The lowest BCUT2D eigenvalue weighted by Crippen LogP contribution is -2.07. The van der Waals surface area contributed by atoms with Gasteiger partial charge in [0.05, 0.1) is 0 Å². The number of para-hydroxylation sites is 2. The smallest absolute Gasteiger partial charge is 0.235 e. The number of nitrogens with zero attached hydrogens (tertiary/aromatic N) is 4. The second-order valence-corrected chi connectivity index (χ2v) is 7.12. The molecule has 7 heteroatoms. The van der Waals surface area contributed by atoms with Crippen molar-refractivity contribution < 1.29 is 9.15 Å². The number of ether oxygens (including phenoxy) is 1. The molecule has 5 aromatic rings. The van der Waals surface area contributed by atoms with Gasteiger partial charge >= 0.3 is 0 Å². The highest BCUT2D eigenvalue weighted by atomic mass is 32.1. The Balaban J connectivity index is 1.52. The summed E-state index contributed by atoms with van der Waals surface area (Å²) in [5, 5.41) is 15.1. The van der Waals surface area contributed by atoms with Gasteiger partial charge in [0.25, 0.3) is 0 Å². The summed E-state index contributed by atoms with van der Waals surface area (Å²) in [6.45, 7) is 2.08. The Hall–Kier alpha value is -3.19. The maximum atomic E-state index is 6.11. The molecule has 134 valence electrons. The molecule has 0 bridgehead atoms. The third-order valence-electron chi connectivity index (χ3n) is 4.32. The molecule has 1 atom stereocenters. The Labute approximate surface area is 159 Å². The van der Waals surface area contributed by atoms with Crippen LogP contribution in [0.2, 0.25) is 0 Å². The molecule has 0 spiro atoms. The van der Waals surface area contributed by atoms with Crippen LogP contribution >= 0.6 is 11.3 Å². The summed E-state index contributed by atoms with van der Waals surface area (Å²) < 4.78 is 13.8. The van der Waals surface area contributed by atoms with Crippen molar-refractivity contribution in [2.45, 2.75) is 19.4 Å². The zero-order valence-corrected chi connectivity index (χ0v) is 15.4. The van der Waals surface area contributed by atoms with Crippen molar-refractivity contribution in [1.29, 1.82) is 0 Å². The molecule has 0 N–H and O–H groups in total. The van der Waals surface area contributed by atoms with Gasteiger partial charge in [0.1, 0.15) is 11.3 Å². The van der Waals surface area contributed by atoms with Crippen LogP contribution in [0.25, 0.3) is 27.5 Å². The molecule has 0 amide bonds. The largest absolute Gasteiger partial charge is 0.483 e. The van der Waals surface area contributed by atoms with Gasteiger partial charge in [-0.05, 0) is 30.7 Å². The summed E-state index contributed by atoms with van der Waals surface area (Å²) in [6.07, 6.45) is 0.668. The van der Waals surface area contributed by atoms with E-state index in [0.717, 1.165) is 33.1 Å². The van der Waals surface area contributed by atoms with Gasteiger partial charge in [-0.1, -0.05) is 54.7 Å². The standard InChI is InChI=1S/C20H16N4O2S/c1-2-15(25-14-9-4-3-5-10-14)19-23-24-18(21-22-20(24)27-19)17-12-13-8-6-7-11-16(13)26-17/h3-12,15H,2H2,1H3/t15-/m1/s1. The first-order chi connectivity index (χ1) is 13.3. The molecule has 2 aromatic carbocycles. The summed E-state index contributed by atoms with van der Waals surface area (Å²) >= 11 is 1.48. The quantitative estimate of drug-likeness (QED) is 0.425. The number of aromatic nitrogens is 4. The van der Waals surface area contributed by atoms with E-state index in [-0.39, 0.29) is 6.10 Å². The lowest BCUT2D eigenvalue weighted by atomic mass is 10.2. The summed E-state index contributed by atoms with van der Waals surface area (Å²) in [5.41, 5.74) is 0.818. The minimum Gasteiger partial charge on any atom is -0.483 e. The Morgan fingerprint density at radius 3 is 2.70 bits per heavy atom. The van der Waals surface area contributed by atoms with Gasteiger partial charge in [-0.2, -0.15) is 9.61 Å². The van der Waals surface area contributed by atoms with Crippen molar-refractivity contribution in [3.63, 3.8) is 0 Å². The van der Waals surface area contributed by atoms with Crippen LogP contribution in [0.4, 0.5) is 0 Å². The highest BCUT2D eigenvalue weighted by molar-refractivity contribution is 7.16. The summed E-state index contributed by atoms with van der Waals surface area (Å²) in [5.74, 6) is 2.07. The van der Waals surface area contributed by atoms with E-state index < -0.39 is 0 Å². The second-order valence-electron chi connectivity index (χ2n) is 6.13. The molecule has 6 nitrogen and oxygen atoms in total. The first kappa shape index (κ1) is 16.0. The van der Waals surface area contributed by atoms with Crippen LogP contribution in [0, 0.1) is 0 Å². The summed E-state index contributed by atoms with van der Waals surface area (Å²) in [4.78, 5) is 0.718. The van der Waals surface area contributed by atoms with E-state index in [1.165, 1.54) is 11.3 Å². The van der Waals surface area contributed by atoms with Gasteiger partial charge in [0.15, 0.2) is 16.9 Å². The third-order valence-corrected chi connectivity index (χ3v) is 5.31. The molecule has 27 heavy (non-hydrogen) atoms. The zero-order valence-electron chi connectivity index (χ0n) is 14.6. The normalized spacial score (nSPS) is 12.6. The molecule has 0 unspecified atom stereocenters. The topological polar surface area (TPSA) is 65.5 Å². The lowest BCUT2D eigenvalue weighted by molar-refractivity contribution is 0.199. The van der Waals surface area contributed by atoms with Crippen LogP contribution in [-0.4, -0.2) is 19.8 Å². The van der Waals surface area contributed by atoms with E-state index in [1.54, 1.807) is 4.52 Å². The minimum absolute atomic E-state index is 0.136. The fraction of sp³-hybridized carbons (Fsp3) is 0.150. The van der Waals surface area contributed by atoms with E-state index in [2.05, 4.69) is 17.1 Å². The molecule has 0 saturated carbocycles. The number of benzene rings is 2. The predicted octanol–water partition coefficient (Wildman–Crippen LogP) is 5.13. The van der Waals surface area contributed by atoms with Crippen molar-refractivity contribution in [2.75, 3.05) is 0 Å². The van der Waals surface area contributed by atoms with Crippen molar-refractivity contribution in [3.05, 3.63) is 65.7 Å². The summed E-state index contributed by atoms with van der Waals surface area (Å²) in [7, 11) is 0. The lowest BCUT2D eigenvalue weighted by Gasteiger charge is -2.14. The monoisotopic (exact) mass is 376 g/mol. The predicted molar refractivity (Wildman–Crippen MR) is 104 cm³/mol. The van der Waals surface area contributed by atoms with Crippen molar-refractivity contribution in [2.24, 2.45) is 0 Å². The van der Waals surface area contributed by atoms with Crippen LogP contribution in [0.1, 0.15) is 24.5 Å². The van der Waals surface area contributed by atoms with E-state index in [9.17, 15) is 0 Å². The zero-order chi connectivity index (χ0) is 18.2. The van der Waals surface area contributed by atoms with Crippen LogP contribution in [0.15, 0.2) is 65.1 Å². The molecule has 5 rings (SSSR count). The van der Waals surface area contributed by atoms with Gasteiger partial charge in [-0.25, -0.2) is 0 Å². The van der Waals surface area contributed by atoms with Gasteiger partial charge < -0.3 is 9.15 Å². The van der Waals surface area contributed by atoms with Crippen LogP contribution in [-0.2, 0) is 0 Å². The third kappa shape index (κ3) is 2.86. The Bertz CT molecular complexity index is 1180. The van der Waals surface area contributed by atoms with Gasteiger partial charge in [0.2, 0.25) is 10.8 Å². The van der Waals surface area contributed by atoms with E-state index >= 15 is 0 Å². The van der Waals surface area contributed by atoms with Crippen molar-refractivity contribution in [3.8, 4) is 17.3 Å². The highest BCUT2D eigenvalue weighted by Gasteiger charge is 2.21. The molecule has 0 radical (unpaired) electrons. The number of furan rings is 1. The van der Waals surface area contributed by atoms with E-state index in [4.69, 9.17) is 14.3 Å². The fourth-order valence-electron chi connectivity index (χ4n) is 2.98. The molecule has 0 aliphatic heterocycles. The molecule has 0 aliphatic rings. The molecular weight excluding hydrogens is 360 g/mol. The van der Waals surface area contributed by atoms with E-state index in [1.807, 2.05) is 60.7 Å². The number of rotatable bonds is 5. The van der Waals surface area contributed by atoms with Crippen LogP contribution < -0.4 is 4.74 Å². The Kier molecular flexibility index (Phi) is 3.86. The minimum atomic E-state index is -0.136. The highest BCUT2D eigenvalue weighted by Crippen LogP contribution is 2.31. The first-order valence-corrected chi connectivity index (χ1v) is 9.56. The van der Waals surface area contributed by atoms with Gasteiger partial charge in [-0.15, -0.1) is 10.2 Å². The second kappa shape index (κ2) is 6.51. The van der Waals surface area contributed by atoms with Gasteiger partial charge in [-0.3, -0.25) is 0 Å². The average molecular weight is 376 g/mol. The number of hydrogen-bond donors (Lipinski definition) is 0. The molecule has 0 saturated heterocycles. The number of hydrogen-bond acceptors (Lipinski definition) is 6.